The van der Waals surface area contributed by atoms with Crippen LogP contribution in [0.3, 0.4) is 0 Å². The van der Waals surface area contributed by atoms with Crippen LogP contribution < -0.4 is 11.1 Å². The number of nitrogens with one attached hydrogen (secondary N) is 1. The Morgan fingerprint density at radius 2 is 2.33 bits per heavy atom. The van der Waals surface area contributed by atoms with Crippen LogP contribution in [-0.4, -0.2) is 21.1 Å². The quantitative estimate of drug-likeness (QED) is 0.717. The van der Waals surface area contributed by atoms with Gasteiger partial charge in [-0.05, 0) is 31.5 Å². The molecule has 3 heterocycles. The van der Waals surface area contributed by atoms with E-state index < -0.39 is 0 Å². The fourth-order valence-electron chi connectivity index (χ4n) is 2.07. The third-order valence-corrected chi connectivity index (χ3v) is 2.82. The van der Waals surface area contributed by atoms with E-state index in [4.69, 9.17) is 5.73 Å². The third kappa shape index (κ3) is 1.35. The van der Waals surface area contributed by atoms with Crippen molar-refractivity contribution in [3.8, 4) is 0 Å². The molecule has 0 saturated carbocycles. The molecule has 1 unspecified atom stereocenters. The summed E-state index contributed by atoms with van der Waals surface area (Å²) in [5.41, 5.74) is 7.35. The molecule has 3 rings (SSSR count). The Labute approximate surface area is 87.3 Å². The monoisotopic (exact) mass is 203 g/mol. The Hall–Kier alpha value is -1.62. The highest BCUT2D eigenvalue weighted by Gasteiger charge is 2.21. The molecule has 15 heavy (non-hydrogen) atoms. The molecule has 5 heteroatoms. The van der Waals surface area contributed by atoms with Crippen LogP contribution in [0.5, 0.6) is 0 Å². The molecule has 2 aromatic rings. The van der Waals surface area contributed by atoms with Gasteiger partial charge in [0, 0.05) is 11.9 Å². The summed E-state index contributed by atoms with van der Waals surface area (Å²) in [5.74, 6) is 0.967. The van der Waals surface area contributed by atoms with Crippen molar-refractivity contribution >= 4 is 11.3 Å². The second-order valence-corrected chi connectivity index (χ2v) is 3.90. The molecule has 2 aromatic heterocycles. The number of nitrogens with two attached hydrogens (primary N) is 1. The fraction of sp³-hybridized carbons (Fsp3) is 0.400. The van der Waals surface area contributed by atoms with Gasteiger partial charge in [-0.25, -0.2) is 0 Å². The number of rotatable bonds is 1. The van der Waals surface area contributed by atoms with E-state index in [2.05, 4.69) is 15.5 Å². The van der Waals surface area contributed by atoms with Gasteiger partial charge in [-0.15, -0.1) is 10.2 Å². The smallest absolute Gasteiger partial charge is 0.160 e. The number of aromatic nitrogens is 3. The van der Waals surface area contributed by atoms with Crippen LogP contribution in [0.4, 0.5) is 5.69 Å². The van der Waals surface area contributed by atoms with Gasteiger partial charge < -0.3 is 11.1 Å². The highest BCUT2D eigenvalue weighted by Crippen LogP contribution is 2.22. The Bertz CT molecular complexity index is 484. The number of hydrogen-bond donors (Lipinski definition) is 2. The molecule has 0 amide bonds. The minimum Gasteiger partial charge on any atom is -0.398 e. The average molecular weight is 203 g/mol. The number of nitrogen functional groups attached to an aromatic ring is 1. The van der Waals surface area contributed by atoms with Crippen LogP contribution in [0.2, 0.25) is 0 Å². The number of hydrogen-bond acceptors (Lipinski definition) is 4. The first-order valence-electron chi connectivity index (χ1n) is 5.18. The molecule has 1 atom stereocenters. The zero-order valence-corrected chi connectivity index (χ0v) is 8.35. The predicted molar refractivity (Wildman–Crippen MR) is 57.4 cm³/mol. The molecule has 1 aliphatic heterocycles. The summed E-state index contributed by atoms with van der Waals surface area (Å²) in [6, 6.07) is 4.05. The van der Waals surface area contributed by atoms with Gasteiger partial charge in [-0.1, -0.05) is 0 Å². The summed E-state index contributed by atoms with van der Waals surface area (Å²) >= 11 is 0. The first-order valence-corrected chi connectivity index (χ1v) is 5.18. The lowest BCUT2D eigenvalue weighted by molar-refractivity contribution is 0.598. The van der Waals surface area contributed by atoms with Gasteiger partial charge in [0.25, 0.3) is 0 Å². The van der Waals surface area contributed by atoms with Crippen LogP contribution in [0, 0.1) is 0 Å². The first kappa shape index (κ1) is 8.67. The molecule has 1 fully saturated rings. The molecule has 1 aliphatic rings. The van der Waals surface area contributed by atoms with E-state index in [0.29, 0.717) is 6.04 Å². The van der Waals surface area contributed by atoms with Crippen molar-refractivity contribution in [1.82, 2.24) is 19.9 Å². The summed E-state index contributed by atoms with van der Waals surface area (Å²) in [5, 5.41) is 11.7. The predicted octanol–water partition coefficient (Wildman–Crippen LogP) is 0.736. The molecule has 0 radical (unpaired) electrons. The second kappa shape index (κ2) is 3.20. The lowest BCUT2D eigenvalue weighted by atomic mass is 10.2. The van der Waals surface area contributed by atoms with Crippen molar-refractivity contribution in [3.05, 3.63) is 24.2 Å². The molecule has 0 spiro atoms. The second-order valence-electron chi connectivity index (χ2n) is 3.90. The van der Waals surface area contributed by atoms with Crippen LogP contribution in [0.25, 0.3) is 5.65 Å². The molecule has 1 saturated heterocycles. The summed E-state index contributed by atoms with van der Waals surface area (Å²) in [6.07, 6.45) is 4.20. The van der Waals surface area contributed by atoms with E-state index in [9.17, 15) is 0 Å². The third-order valence-electron chi connectivity index (χ3n) is 2.82. The first-order chi connectivity index (χ1) is 7.34. The maximum Gasteiger partial charge on any atom is 0.160 e. The Morgan fingerprint density at radius 1 is 1.40 bits per heavy atom. The van der Waals surface area contributed by atoms with Crippen molar-refractivity contribution in [3.63, 3.8) is 0 Å². The summed E-state index contributed by atoms with van der Waals surface area (Å²) in [7, 11) is 0. The Morgan fingerprint density at radius 3 is 3.13 bits per heavy atom. The fourth-order valence-corrected chi connectivity index (χ4v) is 2.07. The van der Waals surface area contributed by atoms with E-state index in [-0.39, 0.29) is 0 Å². The minimum atomic E-state index is 0.321. The molecular formula is C10H13N5. The van der Waals surface area contributed by atoms with E-state index in [1.165, 1.54) is 6.42 Å². The Balaban J connectivity index is 2.13. The van der Waals surface area contributed by atoms with Gasteiger partial charge in [-0.3, -0.25) is 4.40 Å². The maximum absolute atomic E-state index is 5.75. The molecule has 3 N–H and O–H groups in total. The van der Waals surface area contributed by atoms with Gasteiger partial charge in [0.05, 0.1) is 6.04 Å². The van der Waals surface area contributed by atoms with E-state index in [1.807, 2.05) is 22.7 Å². The van der Waals surface area contributed by atoms with Crippen LogP contribution in [0.15, 0.2) is 18.3 Å². The average Bonchev–Trinajstić information content (AvgIpc) is 2.83. The lowest BCUT2D eigenvalue weighted by Crippen LogP contribution is -2.15. The minimum absolute atomic E-state index is 0.321. The number of fused-ring (bicyclic) bond motifs is 1. The molecular weight excluding hydrogens is 190 g/mol. The van der Waals surface area contributed by atoms with Crippen molar-refractivity contribution in [1.29, 1.82) is 0 Å². The number of pyridine rings is 1. The van der Waals surface area contributed by atoms with Crippen molar-refractivity contribution in [2.45, 2.75) is 18.9 Å². The molecule has 5 nitrogen and oxygen atoms in total. The van der Waals surface area contributed by atoms with Crippen molar-refractivity contribution in [2.75, 3.05) is 12.3 Å². The summed E-state index contributed by atoms with van der Waals surface area (Å²) in [4.78, 5) is 0. The molecule has 0 aromatic carbocycles. The van der Waals surface area contributed by atoms with Gasteiger partial charge in [0.1, 0.15) is 0 Å². The summed E-state index contributed by atoms with van der Waals surface area (Å²) in [6.45, 7) is 1.06. The largest absolute Gasteiger partial charge is 0.398 e. The van der Waals surface area contributed by atoms with Gasteiger partial charge in [0.2, 0.25) is 0 Å². The topological polar surface area (TPSA) is 68.2 Å². The van der Waals surface area contributed by atoms with E-state index in [1.54, 1.807) is 0 Å². The number of nitrogens with zero attached hydrogens (tertiary/aromatic N) is 3. The van der Waals surface area contributed by atoms with E-state index >= 15 is 0 Å². The lowest BCUT2D eigenvalue weighted by Gasteiger charge is -2.07. The summed E-state index contributed by atoms with van der Waals surface area (Å²) < 4.78 is 1.97. The normalized spacial score (nSPS) is 21.2. The standard InChI is InChI=1S/C10H13N5/c11-7-3-4-9-13-14-10(15(9)6-7)8-2-1-5-12-8/h3-4,6,8,12H,1-2,5,11H2. The van der Waals surface area contributed by atoms with Crippen LogP contribution in [-0.2, 0) is 0 Å². The zero-order chi connectivity index (χ0) is 10.3. The van der Waals surface area contributed by atoms with Gasteiger partial charge >= 0.3 is 0 Å². The zero-order valence-electron chi connectivity index (χ0n) is 8.35. The Kier molecular flexibility index (Phi) is 1.85. The van der Waals surface area contributed by atoms with Gasteiger partial charge in [0.15, 0.2) is 11.5 Å². The molecule has 0 bridgehead atoms. The van der Waals surface area contributed by atoms with Crippen LogP contribution in [0.1, 0.15) is 24.7 Å². The van der Waals surface area contributed by atoms with Crippen molar-refractivity contribution < 1.29 is 0 Å². The number of anilines is 1. The van der Waals surface area contributed by atoms with Gasteiger partial charge in [-0.2, -0.15) is 0 Å². The SMILES string of the molecule is Nc1ccc2nnc(C3CCCN3)n2c1. The highest BCUT2D eigenvalue weighted by atomic mass is 15.3. The molecule has 0 aliphatic carbocycles. The van der Waals surface area contributed by atoms with E-state index in [0.717, 1.165) is 30.1 Å². The highest BCUT2D eigenvalue weighted by molar-refractivity contribution is 5.47. The maximum atomic E-state index is 5.75. The van der Waals surface area contributed by atoms with Crippen LogP contribution >= 0.6 is 0 Å². The molecule has 78 valence electrons. The van der Waals surface area contributed by atoms with Crippen molar-refractivity contribution in [2.24, 2.45) is 0 Å².